The van der Waals surface area contributed by atoms with Gasteiger partial charge in [-0.3, -0.25) is 19.3 Å². The van der Waals surface area contributed by atoms with Crippen molar-refractivity contribution in [2.24, 2.45) is 5.92 Å². The molecule has 0 bridgehead atoms. The summed E-state index contributed by atoms with van der Waals surface area (Å²) in [6.45, 7) is 3.77. The maximum atomic E-state index is 12.8. The number of ether oxygens (including phenoxy) is 1. The Labute approximate surface area is 175 Å². The summed E-state index contributed by atoms with van der Waals surface area (Å²) < 4.78 is 5.34. The van der Waals surface area contributed by atoms with E-state index in [-0.39, 0.29) is 12.5 Å². The summed E-state index contributed by atoms with van der Waals surface area (Å²) in [6.07, 6.45) is 0.894. The highest BCUT2D eigenvalue weighted by Gasteiger charge is 2.36. The Kier molecular flexibility index (Phi) is 8.64. The lowest BCUT2D eigenvalue weighted by Gasteiger charge is -2.26. The molecule has 9 heteroatoms. The van der Waals surface area contributed by atoms with E-state index < -0.39 is 42.5 Å². The third-order valence-corrected chi connectivity index (χ3v) is 4.75. The first-order valence-corrected chi connectivity index (χ1v) is 10.0. The van der Waals surface area contributed by atoms with Gasteiger partial charge in [-0.1, -0.05) is 44.2 Å². The lowest BCUT2D eigenvalue weighted by atomic mass is 10.0. The molecule has 164 valence electrons. The van der Waals surface area contributed by atoms with Crippen molar-refractivity contribution in [3.63, 3.8) is 0 Å². The second-order valence-electron chi connectivity index (χ2n) is 7.69. The lowest BCUT2D eigenvalue weighted by Crippen LogP contribution is -2.54. The summed E-state index contributed by atoms with van der Waals surface area (Å²) in [4.78, 5) is 49.7. The molecule has 3 N–H and O–H groups in total. The van der Waals surface area contributed by atoms with Crippen molar-refractivity contribution < 1.29 is 29.0 Å². The van der Waals surface area contributed by atoms with Gasteiger partial charge in [-0.05, 0) is 30.7 Å². The van der Waals surface area contributed by atoms with E-state index in [2.05, 4.69) is 10.6 Å². The first-order chi connectivity index (χ1) is 14.3. The fourth-order valence-electron chi connectivity index (χ4n) is 3.32. The summed E-state index contributed by atoms with van der Waals surface area (Å²) in [7, 11) is 0. The van der Waals surface area contributed by atoms with Crippen molar-refractivity contribution in [1.29, 1.82) is 0 Å². The van der Waals surface area contributed by atoms with E-state index in [1.807, 2.05) is 44.2 Å². The number of likely N-dealkylation sites (tertiary alicyclic amines) is 1. The highest BCUT2D eigenvalue weighted by Crippen LogP contribution is 2.20. The molecule has 1 fully saturated rings. The predicted molar refractivity (Wildman–Crippen MR) is 108 cm³/mol. The standard InChI is InChI=1S/C21H29N3O6/c1-14(2)11-16(19(27)22-12-18(25)26)23-20(28)17-9-6-10-24(17)21(29)30-13-15-7-4-3-5-8-15/h3-5,7-8,14,16-17H,6,9-13H2,1-2H3,(H,22,27)(H,23,28)(H,25,26)/t16-,17-/m0/s1. The molecule has 0 aromatic heterocycles. The fourth-order valence-corrected chi connectivity index (χ4v) is 3.32. The Balaban J connectivity index is 1.96. The molecule has 0 spiro atoms. The van der Waals surface area contributed by atoms with E-state index in [1.165, 1.54) is 4.90 Å². The molecule has 0 aliphatic carbocycles. The number of carbonyl (C=O) groups is 4. The molecule has 0 radical (unpaired) electrons. The third kappa shape index (κ3) is 7.06. The quantitative estimate of drug-likeness (QED) is 0.557. The van der Waals surface area contributed by atoms with Gasteiger partial charge in [0.2, 0.25) is 11.8 Å². The van der Waals surface area contributed by atoms with E-state index in [0.717, 1.165) is 5.56 Å². The fraction of sp³-hybridized carbons (Fsp3) is 0.524. The van der Waals surface area contributed by atoms with Gasteiger partial charge in [0.05, 0.1) is 0 Å². The Bertz CT molecular complexity index is 752. The first kappa shape index (κ1) is 23.2. The minimum atomic E-state index is -1.17. The third-order valence-electron chi connectivity index (χ3n) is 4.75. The topological polar surface area (TPSA) is 125 Å². The molecule has 30 heavy (non-hydrogen) atoms. The monoisotopic (exact) mass is 419 g/mol. The van der Waals surface area contributed by atoms with Gasteiger partial charge in [-0.2, -0.15) is 0 Å². The van der Waals surface area contributed by atoms with Crippen LogP contribution in [-0.4, -0.2) is 59.1 Å². The van der Waals surface area contributed by atoms with Gasteiger partial charge in [-0.15, -0.1) is 0 Å². The van der Waals surface area contributed by atoms with E-state index >= 15 is 0 Å². The molecule has 1 saturated heterocycles. The molecule has 3 amide bonds. The SMILES string of the molecule is CC(C)C[C@H](NC(=O)[C@@H]1CCCN1C(=O)OCc1ccccc1)C(=O)NCC(=O)O. The van der Waals surface area contributed by atoms with Crippen LogP contribution in [0.4, 0.5) is 4.79 Å². The number of rotatable bonds is 9. The molecule has 2 rings (SSSR count). The van der Waals surface area contributed by atoms with Crippen molar-refractivity contribution in [2.45, 2.75) is 51.8 Å². The number of aliphatic carboxylic acids is 1. The van der Waals surface area contributed by atoms with Crippen LogP contribution in [0.1, 0.15) is 38.7 Å². The highest BCUT2D eigenvalue weighted by atomic mass is 16.6. The Hall–Kier alpha value is -3.10. The molecular formula is C21H29N3O6. The largest absolute Gasteiger partial charge is 0.480 e. The minimum Gasteiger partial charge on any atom is -0.480 e. The zero-order valence-corrected chi connectivity index (χ0v) is 17.3. The number of carbonyl (C=O) groups excluding carboxylic acids is 3. The van der Waals surface area contributed by atoms with Crippen LogP contribution in [0.15, 0.2) is 30.3 Å². The molecule has 1 aromatic carbocycles. The van der Waals surface area contributed by atoms with Crippen LogP contribution in [-0.2, 0) is 25.7 Å². The Morgan fingerprint density at radius 2 is 1.90 bits per heavy atom. The molecule has 1 heterocycles. The molecule has 0 saturated carbocycles. The van der Waals surface area contributed by atoms with Crippen LogP contribution in [0.3, 0.4) is 0 Å². The highest BCUT2D eigenvalue weighted by molar-refractivity contribution is 5.92. The van der Waals surface area contributed by atoms with Gasteiger partial charge in [0.15, 0.2) is 0 Å². The smallest absolute Gasteiger partial charge is 0.410 e. The maximum Gasteiger partial charge on any atom is 0.410 e. The van der Waals surface area contributed by atoms with Crippen LogP contribution in [0, 0.1) is 5.92 Å². The predicted octanol–water partition coefficient (Wildman–Crippen LogP) is 1.52. The van der Waals surface area contributed by atoms with Crippen LogP contribution < -0.4 is 10.6 Å². The van der Waals surface area contributed by atoms with Crippen molar-refractivity contribution in [1.82, 2.24) is 15.5 Å². The van der Waals surface area contributed by atoms with Gasteiger partial charge in [0.1, 0.15) is 25.2 Å². The number of carboxylic acids is 1. The molecule has 1 aliphatic rings. The average Bonchev–Trinajstić information content (AvgIpc) is 3.20. The number of hydrogen-bond donors (Lipinski definition) is 3. The Morgan fingerprint density at radius 1 is 1.20 bits per heavy atom. The zero-order valence-electron chi connectivity index (χ0n) is 17.3. The van der Waals surface area contributed by atoms with Gasteiger partial charge in [0.25, 0.3) is 0 Å². The van der Waals surface area contributed by atoms with Gasteiger partial charge in [-0.25, -0.2) is 4.79 Å². The maximum absolute atomic E-state index is 12.8. The average molecular weight is 419 g/mol. The molecule has 9 nitrogen and oxygen atoms in total. The number of nitrogens with one attached hydrogen (secondary N) is 2. The van der Waals surface area contributed by atoms with Gasteiger partial charge in [0, 0.05) is 6.54 Å². The summed E-state index contributed by atoms with van der Waals surface area (Å²) >= 11 is 0. The summed E-state index contributed by atoms with van der Waals surface area (Å²) in [5.41, 5.74) is 0.846. The number of benzene rings is 1. The van der Waals surface area contributed by atoms with Crippen molar-refractivity contribution in [3.05, 3.63) is 35.9 Å². The van der Waals surface area contributed by atoms with Crippen molar-refractivity contribution >= 4 is 23.9 Å². The number of amides is 3. The number of hydrogen-bond acceptors (Lipinski definition) is 5. The number of carboxylic acid groups (broad SMARTS) is 1. The molecule has 2 atom stereocenters. The van der Waals surface area contributed by atoms with Crippen molar-refractivity contribution in [2.75, 3.05) is 13.1 Å². The first-order valence-electron chi connectivity index (χ1n) is 10.0. The van der Waals surface area contributed by atoms with Crippen LogP contribution in [0.25, 0.3) is 0 Å². The molecular weight excluding hydrogens is 390 g/mol. The lowest BCUT2D eigenvalue weighted by molar-refractivity contribution is -0.138. The molecule has 1 aromatic rings. The van der Waals surface area contributed by atoms with Gasteiger partial charge < -0.3 is 20.5 Å². The van der Waals surface area contributed by atoms with Crippen molar-refractivity contribution in [3.8, 4) is 0 Å². The zero-order chi connectivity index (χ0) is 22.1. The summed E-state index contributed by atoms with van der Waals surface area (Å²) in [5, 5.41) is 13.7. The van der Waals surface area contributed by atoms with E-state index in [0.29, 0.717) is 25.8 Å². The second-order valence-corrected chi connectivity index (χ2v) is 7.69. The Morgan fingerprint density at radius 3 is 2.53 bits per heavy atom. The van der Waals surface area contributed by atoms with Crippen LogP contribution >= 0.6 is 0 Å². The van der Waals surface area contributed by atoms with Crippen LogP contribution in [0.5, 0.6) is 0 Å². The molecule has 1 aliphatic heterocycles. The normalized spacial score (nSPS) is 16.8. The van der Waals surface area contributed by atoms with E-state index in [1.54, 1.807) is 0 Å². The summed E-state index contributed by atoms with van der Waals surface area (Å²) in [5.74, 6) is -2.07. The van der Waals surface area contributed by atoms with E-state index in [9.17, 15) is 19.2 Å². The van der Waals surface area contributed by atoms with Crippen LogP contribution in [0.2, 0.25) is 0 Å². The minimum absolute atomic E-state index is 0.0985. The molecule has 0 unspecified atom stereocenters. The number of nitrogens with zero attached hydrogens (tertiary/aromatic N) is 1. The van der Waals surface area contributed by atoms with Gasteiger partial charge >= 0.3 is 12.1 Å². The van der Waals surface area contributed by atoms with E-state index in [4.69, 9.17) is 9.84 Å². The second kappa shape index (κ2) is 11.2. The summed E-state index contributed by atoms with van der Waals surface area (Å²) in [6, 6.07) is 7.64.